The fourth-order valence-electron chi connectivity index (χ4n) is 2.83. The molecule has 0 atom stereocenters. The fourth-order valence-corrected chi connectivity index (χ4v) is 2.83. The van der Waals surface area contributed by atoms with Gasteiger partial charge in [-0.2, -0.15) is 0 Å². The highest BCUT2D eigenvalue weighted by molar-refractivity contribution is 5.51. The van der Waals surface area contributed by atoms with Crippen LogP contribution in [0.25, 0.3) is 0 Å². The van der Waals surface area contributed by atoms with E-state index in [9.17, 15) is 0 Å². The van der Waals surface area contributed by atoms with Crippen molar-refractivity contribution in [2.24, 2.45) is 0 Å². The molecule has 2 heteroatoms. The van der Waals surface area contributed by atoms with Gasteiger partial charge in [0.1, 0.15) is 11.5 Å². The molecule has 0 saturated heterocycles. The van der Waals surface area contributed by atoms with Crippen LogP contribution in [0, 0.1) is 23.7 Å². The number of benzene rings is 2. The zero-order valence-electron chi connectivity index (χ0n) is 15.3. The van der Waals surface area contributed by atoms with Gasteiger partial charge < -0.3 is 9.47 Å². The smallest absolute Gasteiger partial charge is 0.118 e. The molecular formula is C24H22O2. The lowest BCUT2D eigenvalue weighted by Gasteiger charge is -2.11. The van der Waals surface area contributed by atoms with Gasteiger partial charge in [0, 0.05) is 22.3 Å². The Labute approximate surface area is 155 Å². The van der Waals surface area contributed by atoms with E-state index in [4.69, 9.17) is 9.47 Å². The van der Waals surface area contributed by atoms with Gasteiger partial charge in [0.15, 0.2) is 0 Å². The van der Waals surface area contributed by atoms with Gasteiger partial charge in [-0.15, -0.1) is 0 Å². The van der Waals surface area contributed by atoms with E-state index in [-0.39, 0.29) is 0 Å². The molecule has 0 amide bonds. The fraction of sp³-hybridized carbons (Fsp3) is 0.250. The molecule has 3 rings (SSSR count). The molecule has 0 aromatic heterocycles. The Morgan fingerprint density at radius 3 is 1.31 bits per heavy atom. The molecule has 0 aliphatic heterocycles. The molecule has 2 nitrogen and oxygen atoms in total. The number of ether oxygens (including phenoxy) is 2. The van der Waals surface area contributed by atoms with Gasteiger partial charge in [0.05, 0.1) is 14.2 Å². The van der Waals surface area contributed by atoms with Crippen molar-refractivity contribution >= 4 is 0 Å². The summed E-state index contributed by atoms with van der Waals surface area (Å²) < 4.78 is 10.4. The van der Waals surface area contributed by atoms with Crippen molar-refractivity contribution in [3.8, 4) is 35.2 Å². The third-order valence-electron chi connectivity index (χ3n) is 4.36. The summed E-state index contributed by atoms with van der Waals surface area (Å²) >= 11 is 0. The molecule has 1 aliphatic rings. The first-order valence-corrected chi connectivity index (χ1v) is 8.82. The maximum Gasteiger partial charge on any atom is 0.118 e. The van der Waals surface area contributed by atoms with Gasteiger partial charge in [-0.3, -0.25) is 0 Å². The number of rotatable bonds is 2. The second-order valence-corrected chi connectivity index (χ2v) is 6.12. The standard InChI is InChI=1S/C24H22O2/c1-25-23-15-9-19(10-16-23)7-13-21-5-3-4-6-22(21)14-8-20-11-17-24(26-2)18-12-20/h9-12,15-18H,3-6H2,1-2H3. The van der Waals surface area contributed by atoms with Crippen LogP contribution in [0.1, 0.15) is 36.8 Å². The molecule has 0 radical (unpaired) electrons. The second kappa shape index (κ2) is 8.84. The third-order valence-corrected chi connectivity index (χ3v) is 4.36. The minimum Gasteiger partial charge on any atom is -0.497 e. The van der Waals surface area contributed by atoms with Crippen LogP contribution in [0.5, 0.6) is 11.5 Å². The van der Waals surface area contributed by atoms with Crippen molar-refractivity contribution in [2.75, 3.05) is 14.2 Å². The zero-order chi connectivity index (χ0) is 18.2. The van der Waals surface area contributed by atoms with E-state index in [0.29, 0.717) is 0 Å². The first-order chi connectivity index (χ1) is 12.8. The number of hydrogen-bond donors (Lipinski definition) is 0. The summed E-state index contributed by atoms with van der Waals surface area (Å²) in [6.45, 7) is 0. The van der Waals surface area contributed by atoms with Crippen LogP contribution in [-0.2, 0) is 0 Å². The Kier molecular flexibility index (Phi) is 6.02. The van der Waals surface area contributed by atoms with Crippen LogP contribution in [-0.4, -0.2) is 14.2 Å². The summed E-state index contributed by atoms with van der Waals surface area (Å²) in [6, 6.07) is 15.7. The monoisotopic (exact) mass is 342 g/mol. The average Bonchev–Trinajstić information content (AvgIpc) is 2.72. The van der Waals surface area contributed by atoms with E-state index in [0.717, 1.165) is 35.5 Å². The number of hydrogen-bond acceptors (Lipinski definition) is 2. The summed E-state index contributed by atoms with van der Waals surface area (Å²) in [4.78, 5) is 0. The largest absolute Gasteiger partial charge is 0.497 e. The first-order valence-electron chi connectivity index (χ1n) is 8.82. The Balaban J connectivity index is 1.82. The summed E-state index contributed by atoms with van der Waals surface area (Å²) in [7, 11) is 3.34. The van der Waals surface area contributed by atoms with Crippen LogP contribution in [0.3, 0.4) is 0 Å². The van der Waals surface area contributed by atoms with Crippen LogP contribution in [0.4, 0.5) is 0 Å². The molecule has 0 bridgehead atoms. The lowest BCUT2D eigenvalue weighted by Crippen LogP contribution is -1.97. The molecule has 0 spiro atoms. The molecular weight excluding hydrogens is 320 g/mol. The van der Waals surface area contributed by atoms with E-state index in [1.165, 1.54) is 24.0 Å². The van der Waals surface area contributed by atoms with Crippen molar-refractivity contribution in [3.05, 3.63) is 70.8 Å². The van der Waals surface area contributed by atoms with Crippen LogP contribution in [0.15, 0.2) is 59.7 Å². The van der Waals surface area contributed by atoms with Crippen LogP contribution in [0.2, 0.25) is 0 Å². The van der Waals surface area contributed by atoms with Gasteiger partial charge >= 0.3 is 0 Å². The molecule has 2 aromatic carbocycles. The van der Waals surface area contributed by atoms with Crippen molar-refractivity contribution in [1.82, 2.24) is 0 Å². The molecule has 1 aliphatic carbocycles. The Bertz CT molecular complexity index is 818. The van der Waals surface area contributed by atoms with Gasteiger partial charge in [-0.1, -0.05) is 23.7 Å². The molecule has 0 unspecified atom stereocenters. The molecule has 0 saturated carbocycles. The Morgan fingerprint density at radius 2 is 0.962 bits per heavy atom. The molecule has 0 N–H and O–H groups in total. The maximum atomic E-state index is 5.19. The SMILES string of the molecule is COc1ccc(C#CC2=C(C#Cc3ccc(OC)cc3)CCCC2)cc1. The number of allylic oxidation sites excluding steroid dienone is 2. The lowest BCUT2D eigenvalue weighted by atomic mass is 9.92. The molecule has 0 fully saturated rings. The summed E-state index contributed by atoms with van der Waals surface area (Å²) in [6.07, 6.45) is 4.38. The predicted octanol–water partition coefficient (Wildman–Crippen LogP) is 4.98. The van der Waals surface area contributed by atoms with E-state index in [1.807, 2.05) is 48.5 Å². The highest BCUT2D eigenvalue weighted by Gasteiger charge is 2.09. The average molecular weight is 342 g/mol. The normalized spacial score (nSPS) is 13.2. The molecule has 130 valence electrons. The number of methoxy groups -OCH3 is 2. The second-order valence-electron chi connectivity index (χ2n) is 6.12. The Hall–Kier alpha value is -3.10. The highest BCUT2D eigenvalue weighted by atomic mass is 16.5. The third kappa shape index (κ3) is 4.71. The quantitative estimate of drug-likeness (QED) is 0.717. The topological polar surface area (TPSA) is 18.5 Å². The van der Waals surface area contributed by atoms with Crippen LogP contribution >= 0.6 is 0 Å². The maximum absolute atomic E-state index is 5.19. The van der Waals surface area contributed by atoms with Gasteiger partial charge in [-0.25, -0.2) is 0 Å². The minimum atomic E-state index is 0.846. The Morgan fingerprint density at radius 1 is 0.577 bits per heavy atom. The predicted molar refractivity (Wildman–Crippen MR) is 105 cm³/mol. The van der Waals surface area contributed by atoms with E-state index >= 15 is 0 Å². The van der Waals surface area contributed by atoms with Crippen molar-refractivity contribution in [2.45, 2.75) is 25.7 Å². The summed E-state index contributed by atoms with van der Waals surface area (Å²) in [5, 5.41) is 0. The van der Waals surface area contributed by atoms with Crippen molar-refractivity contribution < 1.29 is 9.47 Å². The van der Waals surface area contributed by atoms with Gasteiger partial charge in [0.2, 0.25) is 0 Å². The molecule has 0 heterocycles. The zero-order valence-corrected chi connectivity index (χ0v) is 15.3. The van der Waals surface area contributed by atoms with Crippen LogP contribution < -0.4 is 9.47 Å². The molecule has 26 heavy (non-hydrogen) atoms. The lowest BCUT2D eigenvalue weighted by molar-refractivity contribution is 0.414. The van der Waals surface area contributed by atoms with Crippen molar-refractivity contribution in [3.63, 3.8) is 0 Å². The summed E-state index contributed by atoms with van der Waals surface area (Å²) in [5.41, 5.74) is 4.33. The first kappa shape index (κ1) is 17.7. The highest BCUT2D eigenvalue weighted by Crippen LogP contribution is 2.24. The van der Waals surface area contributed by atoms with E-state index < -0.39 is 0 Å². The van der Waals surface area contributed by atoms with Crippen molar-refractivity contribution in [1.29, 1.82) is 0 Å². The molecule has 2 aromatic rings. The van der Waals surface area contributed by atoms with E-state index in [2.05, 4.69) is 23.7 Å². The van der Waals surface area contributed by atoms with E-state index in [1.54, 1.807) is 14.2 Å². The van der Waals surface area contributed by atoms with Gasteiger partial charge in [-0.05, 0) is 74.2 Å². The summed E-state index contributed by atoms with van der Waals surface area (Å²) in [5.74, 6) is 14.9. The minimum absolute atomic E-state index is 0.846. The van der Waals surface area contributed by atoms with Gasteiger partial charge in [0.25, 0.3) is 0 Å².